The van der Waals surface area contributed by atoms with Crippen LogP contribution in [0, 0.1) is 6.92 Å². The summed E-state index contributed by atoms with van der Waals surface area (Å²) in [6.07, 6.45) is -4.20. The summed E-state index contributed by atoms with van der Waals surface area (Å²) in [7, 11) is -4.61. The minimum Gasteiger partial charge on any atom is -0.352 e. The highest BCUT2D eigenvalue weighted by atomic mass is 79.9. The highest BCUT2D eigenvalue weighted by Gasteiger charge is 2.38. The van der Waals surface area contributed by atoms with E-state index in [1.165, 1.54) is 17.0 Å². The number of amides is 2. The molecule has 0 aromatic heterocycles. The van der Waals surface area contributed by atoms with Gasteiger partial charge in [-0.05, 0) is 73.9 Å². The first-order chi connectivity index (χ1) is 23.1. The molecule has 0 heterocycles. The van der Waals surface area contributed by atoms with E-state index in [2.05, 4.69) is 21.2 Å². The zero-order valence-electron chi connectivity index (χ0n) is 27.0. The second-order valence-electron chi connectivity index (χ2n) is 11.7. The van der Waals surface area contributed by atoms with Crippen LogP contribution in [0.1, 0.15) is 42.5 Å². The zero-order valence-corrected chi connectivity index (χ0v) is 30.2. The van der Waals surface area contributed by atoms with Gasteiger partial charge in [0, 0.05) is 23.5 Å². The van der Waals surface area contributed by atoms with Gasteiger partial charge >= 0.3 is 6.18 Å². The van der Waals surface area contributed by atoms with Crippen molar-refractivity contribution in [3.05, 3.63) is 129 Å². The molecule has 1 N–H and O–H groups in total. The smallest absolute Gasteiger partial charge is 0.352 e. The summed E-state index contributed by atoms with van der Waals surface area (Å²) in [4.78, 5) is 29.6. The van der Waals surface area contributed by atoms with E-state index in [1.54, 1.807) is 55.5 Å². The fourth-order valence-corrected chi connectivity index (χ4v) is 7.16. The molecular formula is C36H36BrClF3N3O4S. The van der Waals surface area contributed by atoms with E-state index in [9.17, 15) is 31.2 Å². The normalized spacial score (nSPS) is 13.0. The molecule has 0 unspecified atom stereocenters. The minimum atomic E-state index is -4.90. The molecule has 0 aliphatic carbocycles. The van der Waals surface area contributed by atoms with Gasteiger partial charge in [0.25, 0.3) is 10.0 Å². The molecule has 0 spiro atoms. The van der Waals surface area contributed by atoms with E-state index in [1.807, 2.05) is 32.0 Å². The van der Waals surface area contributed by atoms with Crippen LogP contribution >= 0.6 is 27.5 Å². The van der Waals surface area contributed by atoms with Crippen molar-refractivity contribution in [2.45, 2.75) is 63.3 Å². The number of nitrogens with one attached hydrogen (secondary N) is 1. The average Bonchev–Trinajstić information content (AvgIpc) is 3.05. The Morgan fingerprint density at radius 2 is 1.57 bits per heavy atom. The van der Waals surface area contributed by atoms with Gasteiger partial charge in [0.2, 0.25) is 11.8 Å². The average molecular weight is 779 g/mol. The lowest BCUT2D eigenvalue weighted by Gasteiger charge is -2.34. The van der Waals surface area contributed by atoms with E-state index in [0.717, 1.165) is 23.3 Å². The number of carbonyl (C=O) groups excluding carboxylic acids is 2. The van der Waals surface area contributed by atoms with Crippen LogP contribution < -0.4 is 9.62 Å². The van der Waals surface area contributed by atoms with Crippen molar-refractivity contribution < 1.29 is 31.2 Å². The van der Waals surface area contributed by atoms with Gasteiger partial charge in [-0.1, -0.05) is 94.6 Å². The fourth-order valence-electron chi connectivity index (χ4n) is 5.08. The molecule has 4 aromatic carbocycles. The largest absolute Gasteiger partial charge is 0.417 e. The number of halogens is 5. The Morgan fingerprint density at radius 3 is 2.18 bits per heavy atom. The Morgan fingerprint density at radius 1 is 0.918 bits per heavy atom. The zero-order chi connectivity index (χ0) is 35.9. The molecule has 4 rings (SSSR count). The molecular weight excluding hydrogens is 743 g/mol. The number of hydrogen-bond acceptors (Lipinski definition) is 4. The summed E-state index contributed by atoms with van der Waals surface area (Å²) in [5, 5.41) is 2.32. The van der Waals surface area contributed by atoms with Crippen molar-refractivity contribution in [3.63, 3.8) is 0 Å². The molecule has 0 radical (unpaired) electrons. The molecule has 0 aliphatic heterocycles. The monoisotopic (exact) mass is 777 g/mol. The van der Waals surface area contributed by atoms with E-state index in [4.69, 9.17) is 11.6 Å². The molecule has 49 heavy (non-hydrogen) atoms. The summed E-state index contributed by atoms with van der Waals surface area (Å²) < 4.78 is 71.7. The lowest BCUT2D eigenvalue weighted by atomic mass is 10.0. The minimum absolute atomic E-state index is 0.0900. The van der Waals surface area contributed by atoms with Crippen molar-refractivity contribution in [3.8, 4) is 0 Å². The molecule has 0 fully saturated rings. The first-order valence-corrected chi connectivity index (χ1v) is 18.1. The number of alkyl halides is 3. The fraction of sp³-hybridized carbons (Fsp3) is 0.278. The Balaban J connectivity index is 1.87. The summed E-state index contributed by atoms with van der Waals surface area (Å²) in [6, 6.07) is 23.2. The van der Waals surface area contributed by atoms with Crippen molar-refractivity contribution in [2.75, 3.05) is 10.8 Å². The Hall–Kier alpha value is -3.87. The van der Waals surface area contributed by atoms with E-state index >= 15 is 0 Å². The first kappa shape index (κ1) is 37.9. The number of rotatable bonds is 13. The second-order valence-corrected chi connectivity index (χ2v) is 14.8. The predicted molar refractivity (Wildman–Crippen MR) is 189 cm³/mol. The molecule has 4 aromatic rings. The third kappa shape index (κ3) is 9.86. The highest BCUT2D eigenvalue weighted by molar-refractivity contribution is 9.10. The predicted octanol–water partition coefficient (Wildman–Crippen LogP) is 8.18. The number of carbonyl (C=O) groups is 2. The summed E-state index contributed by atoms with van der Waals surface area (Å²) >= 11 is 9.32. The molecule has 0 bridgehead atoms. The second kappa shape index (κ2) is 16.2. The Kier molecular flexibility index (Phi) is 12.6. The van der Waals surface area contributed by atoms with E-state index in [0.29, 0.717) is 26.8 Å². The number of benzene rings is 4. The Bertz CT molecular complexity index is 1880. The SMILES string of the molecule is CC[C@H](C)NC(=O)[C@H](Cc1ccccc1)N(Cc1cccc(Br)c1)C(=O)CN(c1ccc(Cl)c(C(F)(F)F)c1)S(=O)(=O)c1ccc(C)cc1. The first-order valence-electron chi connectivity index (χ1n) is 15.4. The lowest BCUT2D eigenvalue weighted by molar-refractivity contribution is -0.140. The van der Waals surface area contributed by atoms with E-state index < -0.39 is 56.9 Å². The van der Waals surface area contributed by atoms with Crippen molar-refractivity contribution >= 4 is 55.1 Å². The van der Waals surface area contributed by atoms with E-state index in [-0.39, 0.29) is 23.9 Å². The molecule has 13 heteroatoms. The van der Waals surface area contributed by atoms with Gasteiger partial charge in [-0.25, -0.2) is 8.42 Å². The van der Waals surface area contributed by atoms with Crippen molar-refractivity contribution in [2.24, 2.45) is 0 Å². The van der Waals surface area contributed by atoms with Crippen molar-refractivity contribution in [1.29, 1.82) is 0 Å². The lowest BCUT2D eigenvalue weighted by Crippen LogP contribution is -2.54. The molecule has 2 atom stereocenters. The van der Waals surface area contributed by atoms with Crippen LogP contribution in [0.4, 0.5) is 18.9 Å². The van der Waals surface area contributed by atoms with Crippen molar-refractivity contribution in [1.82, 2.24) is 10.2 Å². The van der Waals surface area contributed by atoms with Crippen LogP contribution in [0.5, 0.6) is 0 Å². The maximum Gasteiger partial charge on any atom is 0.417 e. The van der Waals surface area contributed by atoms with Crippen LogP contribution in [0.3, 0.4) is 0 Å². The van der Waals surface area contributed by atoms with Gasteiger partial charge in [-0.2, -0.15) is 13.2 Å². The van der Waals surface area contributed by atoms with Gasteiger partial charge in [0.15, 0.2) is 0 Å². The van der Waals surface area contributed by atoms with Gasteiger partial charge in [-0.15, -0.1) is 0 Å². The third-order valence-electron chi connectivity index (χ3n) is 7.95. The molecule has 0 saturated heterocycles. The standard InChI is InChI=1S/C36H36BrClF3N3O4S/c1-4-25(3)42-35(46)33(20-26-9-6-5-7-10-26)43(22-27-11-8-12-28(37)19-27)34(45)23-44(49(47,48)30-16-13-24(2)14-17-30)29-15-18-32(38)31(21-29)36(39,40)41/h5-19,21,25,33H,4,20,22-23H2,1-3H3,(H,42,46)/t25-,33-/m0/s1. The Labute approximate surface area is 298 Å². The van der Waals surface area contributed by atoms with Gasteiger partial charge < -0.3 is 10.2 Å². The number of hydrogen-bond donors (Lipinski definition) is 1. The highest BCUT2D eigenvalue weighted by Crippen LogP contribution is 2.38. The molecule has 2 amide bonds. The van der Waals surface area contributed by atoms with Crippen LogP contribution in [0.25, 0.3) is 0 Å². The molecule has 7 nitrogen and oxygen atoms in total. The molecule has 0 aliphatic rings. The van der Waals surface area contributed by atoms with Crippen LogP contribution in [0.15, 0.2) is 106 Å². The molecule has 0 saturated carbocycles. The van der Waals surface area contributed by atoms with Crippen LogP contribution in [0.2, 0.25) is 5.02 Å². The maximum atomic E-state index is 14.6. The third-order valence-corrected chi connectivity index (χ3v) is 10.6. The van der Waals surface area contributed by atoms with Crippen LogP contribution in [-0.4, -0.2) is 43.8 Å². The van der Waals surface area contributed by atoms with Gasteiger partial charge in [-0.3, -0.25) is 13.9 Å². The van der Waals surface area contributed by atoms with Gasteiger partial charge in [0.05, 0.1) is 21.2 Å². The number of anilines is 1. The maximum absolute atomic E-state index is 14.6. The summed E-state index contributed by atoms with van der Waals surface area (Å²) in [6.45, 7) is 4.47. The number of sulfonamides is 1. The summed E-state index contributed by atoms with van der Waals surface area (Å²) in [5.74, 6) is -1.26. The van der Waals surface area contributed by atoms with Crippen LogP contribution in [-0.2, 0) is 38.8 Å². The number of aryl methyl sites for hydroxylation is 1. The number of nitrogens with zero attached hydrogens (tertiary/aromatic N) is 2. The molecule has 260 valence electrons. The quantitative estimate of drug-likeness (QED) is 0.148. The van der Waals surface area contributed by atoms with Gasteiger partial charge in [0.1, 0.15) is 12.6 Å². The summed E-state index contributed by atoms with van der Waals surface area (Å²) in [5.41, 5.74) is 0.455. The topological polar surface area (TPSA) is 86.8 Å².